The molecule has 0 fully saturated rings. The highest BCUT2D eigenvalue weighted by Crippen LogP contribution is 2.36. The zero-order valence-corrected chi connectivity index (χ0v) is 17.8. The number of carbonyl (C=O) groups excluding carboxylic acids is 1. The largest absolute Gasteiger partial charge is 0.416 e. The smallest absolute Gasteiger partial charge is 0.345 e. The number of fused-ring (bicyclic) bond motifs is 1. The summed E-state index contributed by atoms with van der Waals surface area (Å²) >= 11 is 6.09. The average molecular weight is 498 g/mol. The molecule has 0 aliphatic carbocycles. The lowest BCUT2D eigenvalue weighted by molar-refractivity contribution is -0.143. The zero-order valence-electron chi connectivity index (χ0n) is 17.0. The van der Waals surface area contributed by atoms with Gasteiger partial charge in [-0.05, 0) is 54.1 Å². The van der Waals surface area contributed by atoms with E-state index in [0.717, 1.165) is 0 Å². The molecular formula is C23H14ClF6N3O. The summed E-state index contributed by atoms with van der Waals surface area (Å²) in [7, 11) is 0. The highest BCUT2D eigenvalue weighted by molar-refractivity contribution is 6.31. The van der Waals surface area contributed by atoms with Gasteiger partial charge in [0.2, 0.25) is 5.82 Å². The molecule has 4 aromatic rings. The molecule has 0 unspecified atom stereocenters. The van der Waals surface area contributed by atoms with Crippen LogP contribution in [-0.2, 0) is 18.9 Å². The maximum absolute atomic E-state index is 13.1. The number of hydrogen-bond donors (Lipinski definition) is 1. The predicted molar refractivity (Wildman–Crippen MR) is 114 cm³/mol. The molecule has 0 saturated carbocycles. The molecule has 0 saturated heterocycles. The molecule has 176 valence electrons. The SMILES string of the molecule is O=C(NCc1cc(C(F)(F)F)cc(C(F)(F)F)c1)c1nc2ccc(Cl)cc2n1-c1ccccc1. The van der Waals surface area contributed by atoms with Crippen LogP contribution in [-0.4, -0.2) is 15.5 Å². The Hall–Kier alpha value is -3.53. The number of para-hydroxylation sites is 1. The van der Waals surface area contributed by atoms with E-state index in [1.807, 2.05) is 0 Å². The molecular weight excluding hydrogens is 484 g/mol. The fourth-order valence-corrected chi connectivity index (χ4v) is 3.59. The van der Waals surface area contributed by atoms with Crippen molar-refractivity contribution in [3.63, 3.8) is 0 Å². The summed E-state index contributed by atoms with van der Waals surface area (Å²) in [6.07, 6.45) is -9.97. The minimum absolute atomic E-state index is 0.0316. The lowest BCUT2D eigenvalue weighted by Gasteiger charge is -2.15. The number of aromatic nitrogens is 2. The van der Waals surface area contributed by atoms with Gasteiger partial charge in [0.15, 0.2) is 0 Å². The van der Waals surface area contributed by atoms with E-state index in [-0.39, 0.29) is 17.5 Å². The Morgan fingerprint density at radius 3 is 2.09 bits per heavy atom. The Labute approximate surface area is 193 Å². The monoisotopic (exact) mass is 497 g/mol. The number of alkyl halides is 6. The predicted octanol–water partition coefficient (Wildman–Crippen LogP) is 6.65. The first-order valence-corrected chi connectivity index (χ1v) is 10.1. The third-order valence-corrected chi connectivity index (χ3v) is 5.17. The van der Waals surface area contributed by atoms with Gasteiger partial charge in [0.1, 0.15) is 0 Å². The van der Waals surface area contributed by atoms with Gasteiger partial charge < -0.3 is 5.32 Å². The topological polar surface area (TPSA) is 46.9 Å². The molecule has 11 heteroatoms. The van der Waals surface area contributed by atoms with Crippen LogP contribution in [0.3, 0.4) is 0 Å². The van der Waals surface area contributed by atoms with Crippen LogP contribution in [0.25, 0.3) is 16.7 Å². The number of carbonyl (C=O) groups is 1. The quantitative estimate of drug-likeness (QED) is 0.321. The Morgan fingerprint density at radius 2 is 1.50 bits per heavy atom. The van der Waals surface area contributed by atoms with Crippen LogP contribution in [0.5, 0.6) is 0 Å². The van der Waals surface area contributed by atoms with Crippen molar-refractivity contribution >= 4 is 28.5 Å². The van der Waals surface area contributed by atoms with Crippen molar-refractivity contribution in [1.29, 1.82) is 0 Å². The fourth-order valence-electron chi connectivity index (χ4n) is 3.42. The van der Waals surface area contributed by atoms with E-state index in [4.69, 9.17) is 11.6 Å². The maximum Gasteiger partial charge on any atom is 0.416 e. The van der Waals surface area contributed by atoms with Gasteiger partial charge in [-0.1, -0.05) is 29.8 Å². The first-order valence-electron chi connectivity index (χ1n) is 9.73. The standard InChI is InChI=1S/C23H14ClF6N3O/c24-16-6-7-18-19(11-16)33(17-4-2-1-3-5-17)20(32-18)21(34)31-12-13-8-14(22(25,26)27)10-15(9-13)23(28,29)30/h1-11H,12H2,(H,31,34). The number of amides is 1. The van der Waals surface area contributed by atoms with E-state index < -0.39 is 35.9 Å². The summed E-state index contributed by atoms with van der Waals surface area (Å²) in [6.45, 7) is -0.579. The molecule has 0 bridgehead atoms. The van der Waals surface area contributed by atoms with Crippen molar-refractivity contribution in [2.24, 2.45) is 0 Å². The molecule has 4 rings (SSSR count). The number of imidazole rings is 1. The number of nitrogens with zero attached hydrogens (tertiary/aromatic N) is 2. The lowest BCUT2D eigenvalue weighted by Crippen LogP contribution is -2.26. The van der Waals surface area contributed by atoms with Gasteiger partial charge in [0.05, 0.1) is 22.2 Å². The number of rotatable bonds is 4. The summed E-state index contributed by atoms with van der Waals surface area (Å²) < 4.78 is 80.2. The van der Waals surface area contributed by atoms with Crippen molar-refractivity contribution in [3.05, 3.63) is 94.3 Å². The van der Waals surface area contributed by atoms with E-state index in [1.165, 1.54) is 4.57 Å². The Bertz CT molecular complexity index is 1330. The van der Waals surface area contributed by atoms with Gasteiger partial charge in [0.25, 0.3) is 5.91 Å². The van der Waals surface area contributed by atoms with Crippen LogP contribution >= 0.6 is 11.6 Å². The van der Waals surface area contributed by atoms with Gasteiger partial charge in [-0.15, -0.1) is 0 Å². The Kier molecular flexibility index (Phi) is 6.03. The van der Waals surface area contributed by atoms with Crippen molar-refractivity contribution in [2.45, 2.75) is 18.9 Å². The molecule has 1 amide bonds. The molecule has 1 heterocycles. The molecule has 1 N–H and O–H groups in total. The summed E-state index contributed by atoms with van der Waals surface area (Å²) in [4.78, 5) is 17.2. The van der Waals surface area contributed by atoms with Crippen LogP contribution in [0.1, 0.15) is 27.3 Å². The van der Waals surface area contributed by atoms with E-state index in [9.17, 15) is 31.1 Å². The van der Waals surface area contributed by atoms with Crippen molar-refractivity contribution in [3.8, 4) is 5.69 Å². The summed E-state index contributed by atoms with van der Waals surface area (Å²) in [6, 6.07) is 14.6. The highest BCUT2D eigenvalue weighted by atomic mass is 35.5. The first kappa shape index (κ1) is 23.6. The third-order valence-electron chi connectivity index (χ3n) is 4.93. The minimum atomic E-state index is -4.99. The molecule has 0 aliphatic rings. The summed E-state index contributed by atoms with van der Waals surface area (Å²) in [5, 5.41) is 2.76. The number of halogens is 7. The molecule has 0 atom stereocenters. The van der Waals surface area contributed by atoms with Crippen molar-refractivity contribution < 1.29 is 31.1 Å². The van der Waals surface area contributed by atoms with Crippen molar-refractivity contribution in [1.82, 2.24) is 14.9 Å². The van der Waals surface area contributed by atoms with Gasteiger partial charge in [-0.2, -0.15) is 26.3 Å². The zero-order chi connectivity index (χ0) is 24.7. The van der Waals surface area contributed by atoms with Crippen LogP contribution in [0.15, 0.2) is 66.7 Å². The molecule has 0 aliphatic heterocycles. The fraction of sp³-hybridized carbons (Fsp3) is 0.130. The van der Waals surface area contributed by atoms with Crippen LogP contribution in [0.2, 0.25) is 5.02 Å². The van der Waals surface area contributed by atoms with Gasteiger partial charge in [-0.3, -0.25) is 9.36 Å². The third kappa shape index (κ3) is 4.86. The number of hydrogen-bond acceptors (Lipinski definition) is 2. The van der Waals surface area contributed by atoms with Gasteiger partial charge >= 0.3 is 12.4 Å². The summed E-state index contributed by atoms with van der Waals surface area (Å²) in [5.74, 6) is -0.895. The summed E-state index contributed by atoms with van der Waals surface area (Å²) in [5.41, 5.74) is -1.79. The molecule has 0 spiro atoms. The average Bonchev–Trinajstić information content (AvgIpc) is 3.15. The molecule has 4 nitrogen and oxygen atoms in total. The Morgan fingerprint density at radius 1 is 0.882 bits per heavy atom. The van der Waals surface area contributed by atoms with Gasteiger partial charge in [0, 0.05) is 17.3 Å². The van der Waals surface area contributed by atoms with E-state index in [2.05, 4.69) is 10.3 Å². The second kappa shape index (κ2) is 8.68. The second-order valence-electron chi connectivity index (χ2n) is 7.34. The first-order chi connectivity index (χ1) is 15.9. The lowest BCUT2D eigenvalue weighted by atomic mass is 10.0. The van der Waals surface area contributed by atoms with Crippen LogP contribution < -0.4 is 5.32 Å². The van der Waals surface area contributed by atoms with Crippen LogP contribution in [0, 0.1) is 0 Å². The molecule has 3 aromatic carbocycles. The maximum atomic E-state index is 13.1. The molecule has 1 aromatic heterocycles. The van der Waals surface area contributed by atoms with Gasteiger partial charge in [-0.25, -0.2) is 4.98 Å². The molecule has 34 heavy (non-hydrogen) atoms. The normalized spacial score (nSPS) is 12.2. The number of benzene rings is 3. The second-order valence-corrected chi connectivity index (χ2v) is 7.77. The molecule has 0 radical (unpaired) electrons. The van der Waals surface area contributed by atoms with E-state index in [0.29, 0.717) is 33.9 Å². The van der Waals surface area contributed by atoms with E-state index in [1.54, 1.807) is 48.5 Å². The highest BCUT2D eigenvalue weighted by Gasteiger charge is 2.37. The number of nitrogens with one attached hydrogen (secondary N) is 1. The Balaban J connectivity index is 1.70. The van der Waals surface area contributed by atoms with E-state index >= 15 is 0 Å². The van der Waals surface area contributed by atoms with Crippen LogP contribution in [0.4, 0.5) is 26.3 Å². The van der Waals surface area contributed by atoms with Crippen molar-refractivity contribution in [2.75, 3.05) is 0 Å². The minimum Gasteiger partial charge on any atom is -0.345 e.